The molecule has 0 amide bonds. The molecule has 3 heteroatoms. The Morgan fingerprint density at radius 2 is 1.67 bits per heavy atom. The van der Waals surface area contributed by atoms with E-state index >= 15 is 0 Å². The zero-order valence-corrected chi connectivity index (χ0v) is 13.4. The number of aromatic hydroxyl groups is 1. The molecule has 1 rings (SSSR count). The SMILES string of the molecule is CCCCCCCCCCOC(=O)c1cc(O)ccc1C. The van der Waals surface area contributed by atoms with Gasteiger partial charge in [0.15, 0.2) is 0 Å². The number of carbonyl (C=O) groups excluding carboxylic acids is 1. The van der Waals surface area contributed by atoms with Gasteiger partial charge in [0, 0.05) is 0 Å². The monoisotopic (exact) mass is 292 g/mol. The zero-order valence-electron chi connectivity index (χ0n) is 13.4. The molecule has 0 spiro atoms. The van der Waals surface area contributed by atoms with Gasteiger partial charge in [-0.15, -0.1) is 0 Å². The Hall–Kier alpha value is -1.51. The van der Waals surface area contributed by atoms with E-state index in [1.165, 1.54) is 44.6 Å². The lowest BCUT2D eigenvalue weighted by Gasteiger charge is -2.07. The highest BCUT2D eigenvalue weighted by molar-refractivity contribution is 5.91. The van der Waals surface area contributed by atoms with Crippen molar-refractivity contribution in [3.8, 4) is 5.75 Å². The van der Waals surface area contributed by atoms with Gasteiger partial charge in [-0.25, -0.2) is 4.79 Å². The topological polar surface area (TPSA) is 46.5 Å². The minimum Gasteiger partial charge on any atom is -0.508 e. The number of unbranched alkanes of at least 4 members (excludes halogenated alkanes) is 7. The van der Waals surface area contributed by atoms with Crippen molar-refractivity contribution < 1.29 is 14.6 Å². The van der Waals surface area contributed by atoms with Crippen LogP contribution in [0, 0.1) is 6.92 Å². The number of carbonyl (C=O) groups is 1. The lowest BCUT2D eigenvalue weighted by Crippen LogP contribution is -2.08. The number of rotatable bonds is 10. The van der Waals surface area contributed by atoms with Crippen LogP contribution in [0.4, 0.5) is 0 Å². The van der Waals surface area contributed by atoms with Crippen LogP contribution in [0.5, 0.6) is 5.75 Å². The Labute approximate surface area is 128 Å². The fourth-order valence-electron chi connectivity index (χ4n) is 2.31. The molecule has 1 N–H and O–H groups in total. The Morgan fingerprint density at radius 3 is 2.33 bits per heavy atom. The first-order chi connectivity index (χ1) is 10.1. The van der Waals surface area contributed by atoms with Gasteiger partial charge in [0.25, 0.3) is 0 Å². The van der Waals surface area contributed by atoms with Crippen molar-refractivity contribution >= 4 is 5.97 Å². The highest BCUT2D eigenvalue weighted by Crippen LogP contribution is 2.17. The third-order valence-electron chi connectivity index (χ3n) is 3.67. The Bertz CT molecular complexity index is 426. The number of ether oxygens (including phenoxy) is 1. The summed E-state index contributed by atoms with van der Waals surface area (Å²) in [6.45, 7) is 4.53. The summed E-state index contributed by atoms with van der Waals surface area (Å²) in [5, 5.41) is 9.41. The average Bonchev–Trinajstić information content (AvgIpc) is 2.48. The van der Waals surface area contributed by atoms with Crippen molar-refractivity contribution in [3.63, 3.8) is 0 Å². The van der Waals surface area contributed by atoms with E-state index in [0.717, 1.165) is 18.4 Å². The highest BCUT2D eigenvalue weighted by Gasteiger charge is 2.10. The summed E-state index contributed by atoms with van der Waals surface area (Å²) in [5.74, 6) is -0.244. The van der Waals surface area contributed by atoms with E-state index in [2.05, 4.69) is 6.92 Å². The molecule has 0 bridgehead atoms. The van der Waals surface area contributed by atoms with Gasteiger partial charge < -0.3 is 9.84 Å². The fourth-order valence-corrected chi connectivity index (χ4v) is 2.31. The van der Waals surface area contributed by atoms with Crippen LogP contribution in [0.15, 0.2) is 18.2 Å². The lowest BCUT2D eigenvalue weighted by molar-refractivity contribution is 0.0496. The van der Waals surface area contributed by atoms with Crippen molar-refractivity contribution in [2.75, 3.05) is 6.61 Å². The molecule has 118 valence electrons. The molecule has 0 saturated carbocycles. The molecular formula is C18H28O3. The third-order valence-corrected chi connectivity index (χ3v) is 3.67. The van der Waals surface area contributed by atoms with E-state index in [0.29, 0.717) is 12.2 Å². The maximum atomic E-state index is 11.9. The van der Waals surface area contributed by atoms with Gasteiger partial charge in [-0.05, 0) is 31.0 Å². The van der Waals surface area contributed by atoms with Crippen molar-refractivity contribution in [2.45, 2.75) is 65.2 Å². The minimum absolute atomic E-state index is 0.0969. The van der Waals surface area contributed by atoms with Gasteiger partial charge in [0.05, 0.1) is 12.2 Å². The largest absolute Gasteiger partial charge is 0.508 e. The van der Waals surface area contributed by atoms with Crippen LogP contribution in [0.1, 0.15) is 74.2 Å². The number of phenolic OH excluding ortho intramolecular Hbond substituents is 1. The van der Waals surface area contributed by atoms with Gasteiger partial charge in [0.1, 0.15) is 5.75 Å². The molecule has 21 heavy (non-hydrogen) atoms. The molecule has 0 aliphatic carbocycles. The van der Waals surface area contributed by atoms with Crippen LogP contribution < -0.4 is 0 Å². The van der Waals surface area contributed by atoms with Crippen molar-refractivity contribution in [2.24, 2.45) is 0 Å². The van der Waals surface area contributed by atoms with Gasteiger partial charge in [0.2, 0.25) is 0 Å². The first-order valence-corrected chi connectivity index (χ1v) is 8.12. The number of hydrogen-bond donors (Lipinski definition) is 1. The van der Waals surface area contributed by atoms with Crippen LogP contribution in [0.3, 0.4) is 0 Å². The van der Waals surface area contributed by atoms with Gasteiger partial charge >= 0.3 is 5.97 Å². The molecule has 1 aromatic carbocycles. The third kappa shape index (κ3) is 7.16. The second-order valence-electron chi connectivity index (χ2n) is 5.61. The van der Waals surface area contributed by atoms with Gasteiger partial charge in [-0.2, -0.15) is 0 Å². The smallest absolute Gasteiger partial charge is 0.338 e. The second-order valence-corrected chi connectivity index (χ2v) is 5.61. The average molecular weight is 292 g/mol. The van der Waals surface area contributed by atoms with Crippen LogP contribution >= 0.6 is 0 Å². The summed E-state index contributed by atoms with van der Waals surface area (Å²) in [4.78, 5) is 11.9. The van der Waals surface area contributed by atoms with E-state index in [-0.39, 0.29) is 11.7 Å². The summed E-state index contributed by atoms with van der Waals surface area (Å²) >= 11 is 0. The summed E-state index contributed by atoms with van der Waals surface area (Å²) in [7, 11) is 0. The lowest BCUT2D eigenvalue weighted by atomic mass is 10.1. The predicted octanol–water partition coefficient (Wildman–Crippen LogP) is 5.00. The molecule has 0 atom stereocenters. The number of benzene rings is 1. The van der Waals surface area contributed by atoms with E-state index in [9.17, 15) is 9.90 Å². The molecule has 0 radical (unpaired) electrons. The second kappa shape index (κ2) is 10.3. The van der Waals surface area contributed by atoms with Gasteiger partial charge in [-0.3, -0.25) is 0 Å². The van der Waals surface area contributed by atoms with Crippen LogP contribution in [0.25, 0.3) is 0 Å². The first kappa shape index (κ1) is 17.5. The molecule has 0 aromatic heterocycles. The normalized spacial score (nSPS) is 10.6. The Balaban J connectivity index is 2.12. The summed E-state index contributed by atoms with van der Waals surface area (Å²) < 4.78 is 5.26. The van der Waals surface area contributed by atoms with Crippen LogP contribution in [-0.2, 0) is 4.74 Å². The minimum atomic E-state index is -0.341. The predicted molar refractivity (Wildman–Crippen MR) is 85.7 cm³/mol. The van der Waals surface area contributed by atoms with E-state index in [1.807, 2.05) is 6.92 Å². The van der Waals surface area contributed by atoms with Crippen LogP contribution in [-0.4, -0.2) is 17.7 Å². The maximum Gasteiger partial charge on any atom is 0.338 e. The van der Waals surface area contributed by atoms with Crippen molar-refractivity contribution in [1.82, 2.24) is 0 Å². The Kier molecular flexibility index (Phi) is 8.56. The standard InChI is InChI=1S/C18H28O3/c1-3-4-5-6-7-8-9-10-13-21-18(20)17-14-16(19)12-11-15(17)2/h11-12,14,19H,3-10,13H2,1-2H3. The number of phenols is 1. The first-order valence-electron chi connectivity index (χ1n) is 8.12. The molecule has 0 unspecified atom stereocenters. The van der Waals surface area contributed by atoms with E-state index < -0.39 is 0 Å². The molecule has 0 saturated heterocycles. The summed E-state index contributed by atoms with van der Waals surface area (Å²) in [5.41, 5.74) is 1.28. The van der Waals surface area contributed by atoms with E-state index in [1.54, 1.807) is 12.1 Å². The molecular weight excluding hydrogens is 264 g/mol. The molecule has 1 aromatic rings. The molecule has 0 fully saturated rings. The maximum absolute atomic E-state index is 11.9. The molecule has 3 nitrogen and oxygen atoms in total. The summed E-state index contributed by atoms with van der Waals surface area (Å²) in [6, 6.07) is 4.76. The van der Waals surface area contributed by atoms with Crippen LogP contribution in [0.2, 0.25) is 0 Å². The highest BCUT2D eigenvalue weighted by atomic mass is 16.5. The van der Waals surface area contributed by atoms with Crippen molar-refractivity contribution in [1.29, 1.82) is 0 Å². The Morgan fingerprint density at radius 1 is 1.05 bits per heavy atom. The van der Waals surface area contributed by atoms with Gasteiger partial charge in [-0.1, -0.05) is 57.9 Å². The number of esters is 1. The fraction of sp³-hybridized carbons (Fsp3) is 0.611. The molecule has 0 aliphatic heterocycles. The van der Waals surface area contributed by atoms with E-state index in [4.69, 9.17) is 4.74 Å². The number of aryl methyl sites for hydroxylation is 1. The quantitative estimate of drug-likeness (QED) is 0.487. The summed E-state index contributed by atoms with van der Waals surface area (Å²) in [6.07, 6.45) is 9.78. The van der Waals surface area contributed by atoms with Crippen molar-refractivity contribution in [3.05, 3.63) is 29.3 Å². The molecule has 0 aliphatic rings. The number of hydrogen-bond acceptors (Lipinski definition) is 3. The molecule has 0 heterocycles. The zero-order chi connectivity index (χ0) is 15.5.